The molecule has 3 aromatic rings. The summed E-state index contributed by atoms with van der Waals surface area (Å²) in [6.45, 7) is 3.78. The Hall–Kier alpha value is -2.40. The van der Waals surface area contributed by atoms with Crippen LogP contribution in [0.4, 0.5) is 0 Å². The van der Waals surface area contributed by atoms with Crippen LogP contribution in [0.25, 0.3) is 16.7 Å². The second-order valence-corrected chi connectivity index (χ2v) is 5.72. The van der Waals surface area contributed by atoms with Crippen molar-refractivity contribution in [3.05, 3.63) is 48.0 Å². The maximum Gasteiger partial charge on any atom is 0.116 e. The summed E-state index contributed by atoms with van der Waals surface area (Å²) in [7, 11) is 0. The van der Waals surface area contributed by atoms with Crippen LogP contribution in [-0.2, 0) is 5.41 Å². The summed E-state index contributed by atoms with van der Waals surface area (Å²) < 4.78 is 0. The fourth-order valence-corrected chi connectivity index (χ4v) is 2.29. The molecule has 0 aliphatic carbocycles. The van der Waals surface area contributed by atoms with Crippen molar-refractivity contribution >= 4 is 11.0 Å². The summed E-state index contributed by atoms with van der Waals surface area (Å²) in [4.78, 5) is 1.55. The SMILES string of the molecule is CC(C)(CO)c1cc(O)ccc1-n1nc2ccccc2n1. The van der Waals surface area contributed by atoms with Crippen molar-refractivity contribution in [1.29, 1.82) is 0 Å². The number of aromatic nitrogens is 3. The topological polar surface area (TPSA) is 71.2 Å². The molecule has 5 heteroatoms. The molecule has 0 amide bonds. The predicted octanol–water partition coefficient (Wildman–Crippen LogP) is 2.40. The molecule has 0 saturated carbocycles. The van der Waals surface area contributed by atoms with E-state index >= 15 is 0 Å². The maximum atomic E-state index is 9.75. The van der Waals surface area contributed by atoms with Gasteiger partial charge in [-0.3, -0.25) is 0 Å². The summed E-state index contributed by atoms with van der Waals surface area (Å²) in [5.74, 6) is 0.159. The zero-order chi connectivity index (χ0) is 15.0. The van der Waals surface area contributed by atoms with E-state index in [1.54, 1.807) is 23.0 Å². The van der Waals surface area contributed by atoms with E-state index in [1.165, 1.54) is 0 Å². The number of aromatic hydroxyl groups is 1. The van der Waals surface area contributed by atoms with Crippen LogP contribution in [0.3, 0.4) is 0 Å². The average Bonchev–Trinajstić information content (AvgIpc) is 2.90. The number of aliphatic hydroxyl groups excluding tert-OH is 1. The molecule has 2 aromatic carbocycles. The Morgan fingerprint density at radius 1 is 1.05 bits per heavy atom. The van der Waals surface area contributed by atoms with E-state index in [4.69, 9.17) is 0 Å². The number of benzene rings is 2. The van der Waals surface area contributed by atoms with E-state index in [0.717, 1.165) is 22.3 Å². The van der Waals surface area contributed by atoms with E-state index in [0.29, 0.717) is 0 Å². The second-order valence-electron chi connectivity index (χ2n) is 5.72. The van der Waals surface area contributed by atoms with Gasteiger partial charge in [0.15, 0.2) is 0 Å². The van der Waals surface area contributed by atoms with Crippen molar-refractivity contribution in [2.24, 2.45) is 0 Å². The zero-order valence-electron chi connectivity index (χ0n) is 12.0. The van der Waals surface area contributed by atoms with Crippen molar-refractivity contribution in [3.8, 4) is 11.4 Å². The highest BCUT2D eigenvalue weighted by Crippen LogP contribution is 2.31. The van der Waals surface area contributed by atoms with E-state index in [9.17, 15) is 10.2 Å². The van der Waals surface area contributed by atoms with Gasteiger partial charge >= 0.3 is 0 Å². The van der Waals surface area contributed by atoms with Crippen molar-refractivity contribution in [2.75, 3.05) is 6.61 Å². The smallest absolute Gasteiger partial charge is 0.116 e. The van der Waals surface area contributed by atoms with E-state index < -0.39 is 5.41 Å². The highest BCUT2D eigenvalue weighted by Gasteiger charge is 2.25. The van der Waals surface area contributed by atoms with Crippen LogP contribution in [0.2, 0.25) is 0 Å². The summed E-state index contributed by atoms with van der Waals surface area (Å²) >= 11 is 0. The number of hydrogen-bond donors (Lipinski definition) is 2. The molecule has 0 radical (unpaired) electrons. The number of aliphatic hydroxyl groups is 1. The van der Waals surface area contributed by atoms with Gasteiger partial charge in [0.1, 0.15) is 16.8 Å². The van der Waals surface area contributed by atoms with E-state index in [1.807, 2.05) is 38.1 Å². The third-order valence-electron chi connectivity index (χ3n) is 3.61. The van der Waals surface area contributed by atoms with Gasteiger partial charge in [-0.2, -0.15) is 4.80 Å². The van der Waals surface area contributed by atoms with Crippen LogP contribution in [0.5, 0.6) is 5.75 Å². The van der Waals surface area contributed by atoms with E-state index in [2.05, 4.69) is 10.2 Å². The van der Waals surface area contributed by atoms with Gasteiger partial charge in [-0.15, -0.1) is 10.2 Å². The van der Waals surface area contributed by atoms with Crippen molar-refractivity contribution in [3.63, 3.8) is 0 Å². The molecule has 0 atom stereocenters. The molecule has 108 valence electrons. The van der Waals surface area contributed by atoms with Crippen LogP contribution in [-0.4, -0.2) is 31.8 Å². The molecule has 0 spiro atoms. The van der Waals surface area contributed by atoms with Gasteiger partial charge in [0, 0.05) is 5.41 Å². The Kier molecular flexibility index (Phi) is 3.14. The molecule has 0 saturated heterocycles. The van der Waals surface area contributed by atoms with Crippen LogP contribution in [0.15, 0.2) is 42.5 Å². The summed E-state index contributed by atoms with van der Waals surface area (Å²) in [5, 5.41) is 28.3. The van der Waals surface area contributed by atoms with Crippen LogP contribution in [0.1, 0.15) is 19.4 Å². The summed E-state index contributed by atoms with van der Waals surface area (Å²) in [5.41, 5.74) is 2.65. The monoisotopic (exact) mass is 283 g/mol. The van der Waals surface area contributed by atoms with Gasteiger partial charge in [0.25, 0.3) is 0 Å². The normalized spacial score (nSPS) is 12.0. The number of phenols is 1. The first-order valence-electron chi connectivity index (χ1n) is 6.78. The number of hydrogen-bond acceptors (Lipinski definition) is 4. The van der Waals surface area contributed by atoms with Crippen LogP contribution < -0.4 is 0 Å². The molecule has 0 bridgehead atoms. The third kappa shape index (κ3) is 2.36. The lowest BCUT2D eigenvalue weighted by molar-refractivity contribution is 0.218. The number of rotatable bonds is 3. The number of nitrogens with zero attached hydrogens (tertiary/aromatic N) is 3. The van der Waals surface area contributed by atoms with Crippen molar-refractivity contribution in [1.82, 2.24) is 15.0 Å². The minimum absolute atomic E-state index is 0.0375. The molecule has 21 heavy (non-hydrogen) atoms. The largest absolute Gasteiger partial charge is 0.508 e. The van der Waals surface area contributed by atoms with Gasteiger partial charge in [-0.1, -0.05) is 26.0 Å². The fraction of sp³-hybridized carbons (Fsp3) is 0.250. The van der Waals surface area contributed by atoms with Gasteiger partial charge in [0.05, 0.1) is 12.3 Å². The van der Waals surface area contributed by atoms with E-state index in [-0.39, 0.29) is 12.4 Å². The Morgan fingerprint density at radius 3 is 2.24 bits per heavy atom. The third-order valence-corrected chi connectivity index (χ3v) is 3.61. The minimum Gasteiger partial charge on any atom is -0.508 e. The molecule has 5 nitrogen and oxygen atoms in total. The lowest BCUT2D eigenvalue weighted by Gasteiger charge is -2.24. The second kappa shape index (κ2) is 4.86. The van der Waals surface area contributed by atoms with Gasteiger partial charge in [-0.05, 0) is 35.9 Å². The molecule has 0 aliphatic heterocycles. The molecule has 1 heterocycles. The Bertz CT molecular complexity index is 760. The van der Waals surface area contributed by atoms with Crippen molar-refractivity contribution < 1.29 is 10.2 Å². The number of fused-ring (bicyclic) bond motifs is 1. The molecule has 3 rings (SSSR count). The van der Waals surface area contributed by atoms with Gasteiger partial charge in [0.2, 0.25) is 0 Å². The molecule has 2 N–H and O–H groups in total. The molecule has 1 aromatic heterocycles. The first-order valence-corrected chi connectivity index (χ1v) is 6.78. The molecule has 0 unspecified atom stereocenters. The quantitative estimate of drug-likeness (QED) is 0.774. The lowest BCUT2D eigenvalue weighted by Crippen LogP contribution is -2.24. The number of phenolic OH excluding ortho intramolecular Hbond substituents is 1. The summed E-state index contributed by atoms with van der Waals surface area (Å²) in [6, 6.07) is 12.6. The first-order chi connectivity index (χ1) is 10.0. The Labute approximate surface area is 122 Å². The van der Waals surface area contributed by atoms with Crippen LogP contribution >= 0.6 is 0 Å². The minimum atomic E-state index is -0.506. The fourth-order valence-electron chi connectivity index (χ4n) is 2.29. The predicted molar refractivity (Wildman–Crippen MR) is 80.6 cm³/mol. The average molecular weight is 283 g/mol. The molecule has 0 aliphatic rings. The Morgan fingerprint density at radius 2 is 1.67 bits per heavy atom. The van der Waals surface area contributed by atoms with Crippen molar-refractivity contribution in [2.45, 2.75) is 19.3 Å². The molecular formula is C16H17N3O2. The summed E-state index contributed by atoms with van der Waals surface area (Å²) in [6.07, 6.45) is 0. The first kappa shape index (κ1) is 13.6. The van der Waals surface area contributed by atoms with Crippen LogP contribution in [0, 0.1) is 0 Å². The highest BCUT2D eigenvalue weighted by atomic mass is 16.3. The van der Waals surface area contributed by atoms with Gasteiger partial charge in [-0.25, -0.2) is 0 Å². The molecular weight excluding hydrogens is 266 g/mol. The zero-order valence-corrected chi connectivity index (χ0v) is 12.0. The Balaban J connectivity index is 2.22. The molecule has 0 fully saturated rings. The maximum absolute atomic E-state index is 9.75. The highest BCUT2D eigenvalue weighted by molar-refractivity contribution is 5.73. The standard InChI is InChI=1S/C16H17N3O2/c1-16(2,10-20)12-9-11(21)7-8-15(12)19-17-13-5-3-4-6-14(13)18-19/h3-9,20-21H,10H2,1-2H3. The van der Waals surface area contributed by atoms with Gasteiger partial charge < -0.3 is 10.2 Å². The lowest BCUT2D eigenvalue weighted by atomic mass is 9.84.